The van der Waals surface area contributed by atoms with Gasteiger partial charge in [0, 0.05) is 13.1 Å². The Labute approximate surface area is 160 Å². The molecular formula is C20H15ClF2N4. The first-order valence-electron chi connectivity index (χ1n) is 8.61. The Morgan fingerprint density at radius 1 is 1.15 bits per heavy atom. The average Bonchev–Trinajstić information content (AvgIpc) is 2.70. The van der Waals surface area contributed by atoms with Gasteiger partial charge < -0.3 is 4.90 Å². The number of benzene rings is 2. The first-order valence-corrected chi connectivity index (χ1v) is 8.99. The molecule has 1 aliphatic rings. The van der Waals surface area contributed by atoms with E-state index in [1.807, 2.05) is 4.90 Å². The van der Waals surface area contributed by atoms with Crippen molar-refractivity contribution >= 4 is 28.3 Å². The molecule has 0 radical (unpaired) electrons. The van der Waals surface area contributed by atoms with E-state index in [1.54, 1.807) is 12.1 Å². The summed E-state index contributed by atoms with van der Waals surface area (Å²) in [5.74, 6) is -0.563. The zero-order chi connectivity index (χ0) is 19.0. The van der Waals surface area contributed by atoms with E-state index in [9.17, 15) is 14.0 Å². The van der Waals surface area contributed by atoms with E-state index < -0.39 is 11.6 Å². The fourth-order valence-corrected chi connectivity index (χ4v) is 3.66. The second-order valence-corrected chi connectivity index (χ2v) is 6.97. The second kappa shape index (κ2) is 7.09. The van der Waals surface area contributed by atoms with E-state index in [0.29, 0.717) is 28.9 Å². The minimum atomic E-state index is -0.549. The number of hydrogen-bond acceptors (Lipinski definition) is 4. The number of nitriles is 1. The third kappa shape index (κ3) is 3.19. The maximum absolute atomic E-state index is 14.5. The molecule has 0 aliphatic carbocycles. The quantitative estimate of drug-likeness (QED) is 0.626. The van der Waals surface area contributed by atoms with Crippen LogP contribution >= 0.6 is 11.6 Å². The Hall–Kier alpha value is -2.78. The summed E-state index contributed by atoms with van der Waals surface area (Å²) in [5.41, 5.74) is 1.36. The van der Waals surface area contributed by atoms with Crippen LogP contribution in [0.2, 0.25) is 5.02 Å². The third-order valence-electron chi connectivity index (χ3n) is 4.85. The number of aromatic nitrogens is 2. The van der Waals surface area contributed by atoms with Crippen LogP contribution < -0.4 is 4.90 Å². The highest BCUT2D eigenvalue weighted by Crippen LogP contribution is 2.37. The normalized spacial score (nSPS) is 17.1. The lowest BCUT2D eigenvalue weighted by Crippen LogP contribution is -2.35. The van der Waals surface area contributed by atoms with Gasteiger partial charge in [-0.1, -0.05) is 23.7 Å². The van der Waals surface area contributed by atoms with Gasteiger partial charge >= 0.3 is 0 Å². The molecule has 1 atom stereocenters. The Morgan fingerprint density at radius 2 is 2.00 bits per heavy atom. The first-order chi connectivity index (χ1) is 13.1. The summed E-state index contributed by atoms with van der Waals surface area (Å²) in [6.07, 6.45) is 3.01. The summed E-state index contributed by atoms with van der Waals surface area (Å²) >= 11 is 5.80. The van der Waals surface area contributed by atoms with Crippen LogP contribution in [0.5, 0.6) is 0 Å². The van der Waals surface area contributed by atoms with Gasteiger partial charge in [-0.05, 0) is 42.2 Å². The molecule has 7 heteroatoms. The largest absolute Gasteiger partial charge is 0.355 e. The van der Waals surface area contributed by atoms with Gasteiger partial charge in [0.1, 0.15) is 29.3 Å². The molecule has 136 valence electrons. The minimum absolute atomic E-state index is 0.0227. The SMILES string of the molecule is N#CC1CCCN(c2ncnc3c(F)ccc(-c4ccc(Cl)c(F)c4)c23)C1. The molecule has 1 aliphatic heterocycles. The molecule has 27 heavy (non-hydrogen) atoms. The fraction of sp³-hybridized carbons (Fsp3) is 0.250. The molecule has 1 saturated heterocycles. The monoisotopic (exact) mass is 384 g/mol. The molecule has 0 N–H and O–H groups in total. The van der Waals surface area contributed by atoms with Crippen molar-refractivity contribution in [2.75, 3.05) is 18.0 Å². The maximum Gasteiger partial charge on any atom is 0.149 e. The molecule has 1 aromatic heterocycles. The van der Waals surface area contributed by atoms with Crippen molar-refractivity contribution < 1.29 is 8.78 Å². The predicted octanol–water partition coefficient (Wildman–Crippen LogP) is 4.97. The Morgan fingerprint density at radius 3 is 2.78 bits per heavy atom. The van der Waals surface area contributed by atoms with Crippen LogP contribution in [-0.2, 0) is 0 Å². The topological polar surface area (TPSA) is 52.8 Å². The van der Waals surface area contributed by atoms with Crippen molar-refractivity contribution in [3.05, 3.63) is 53.3 Å². The minimum Gasteiger partial charge on any atom is -0.355 e. The number of fused-ring (bicyclic) bond motifs is 1. The molecule has 1 unspecified atom stereocenters. The number of rotatable bonds is 2. The standard InChI is InChI=1S/C20H15ClF2N4/c21-15-5-3-13(8-17(15)23)14-4-6-16(22)19-18(14)20(26-11-25-19)27-7-1-2-12(9-24)10-27/h3-6,8,11-12H,1-2,7,10H2. The molecule has 2 aromatic carbocycles. The van der Waals surface area contributed by atoms with E-state index in [0.717, 1.165) is 19.4 Å². The third-order valence-corrected chi connectivity index (χ3v) is 5.16. The van der Waals surface area contributed by atoms with Gasteiger partial charge in [-0.25, -0.2) is 18.7 Å². The van der Waals surface area contributed by atoms with Gasteiger partial charge in [0.2, 0.25) is 0 Å². The van der Waals surface area contributed by atoms with Crippen LogP contribution in [0.1, 0.15) is 12.8 Å². The van der Waals surface area contributed by atoms with E-state index in [4.69, 9.17) is 11.6 Å². The Kier molecular flexibility index (Phi) is 4.63. The van der Waals surface area contributed by atoms with Crippen LogP contribution in [0.4, 0.5) is 14.6 Å². The molecule has 0 bridgehead atoms. The summed E-state index contributed by atoms with van der Waals surface area (Å²) in [5, 5.41) is 9.81. The van der Waals surface area contributed by atoms with Crippen molar-refractivity contribution in [3.8, 4) is 17.2 Å². The first kappa shape index (κ1) is 17.6. The number of piperidine rings is 1. The number of anilines is 1. The number of halogens is 3. The lowest BCUT2D eigenvalue weighted by molar-refractivity contribution is 0.491. The molecule has 0 saturated carbocycles. The van der Waals surface area contributed by atoms with Crippen LogP contribution in [0.3, 0.4) is 0 Å². The highest BCUT2D eigenvalue weighted by atomic mass is 35.5. The van der Waals surface area contributed by atoms with Crippen LogP contribution in [0.15, 0.2) is 36.7 Å². The lowest BCUT2D eigenvalue weighted by atomic mass is 9.97. The van der Waals surface area contributed by atoms with Gasteiger partial charge in [0.15, 0.2) is 0 Å². The van der Waals surface area contributed by atoms with E-state index >= 15 is 0 Å². The van der Waals surface area contributed by atoms with E-state index in [1.165, 1.54) is 24.5 Å². The zero-order valence-corrected chi connectivity index (χ0v) is 15.0. The second-order valence-electron chi connectivity index (χ2n) is 6.56. The zero-order valence-electron chi connectivity index (χ0n) is 14.3. The highest BCUT2D eigenvalue weighted by Gasteiger charge is 2.24. The molecule has 4 nitrogen and oxygen atoms in total. The predicted molar refractivity (Wildman–Crippen MR) is 100 cm³/mol. The number of hydrogen-bond donors (Lipinski definition) is 0. The fourth-order valence-electron chi connectivity index (χ4n) is 3.54. The molecule has 2 heterocycles. The highest BCUT2D eigenvalue weighted by molar-refractivity contribution is 6.30. The van der Waals surface area contributed by atoms with Crippen molar-refractivity contribution in [2.45, 2.75) is 12.8 Å². The Bertz CT molecular complexity index is 1060. The lowest BCUT2D eigenvalue weighted by Gasteiger charge is -2.31. The summed E-state index contributed by atoms with van der Waals surface area (Å²) < 4.78 is 28.5. The van der Waals surface area contributed by atoms with Crippen molar-refractivity contribution in [2.24, 2.45) is 5.92 Å². The molecule has 1 fully saturated rings. The summed E-state index contributed by atoms with van der Waals surface area (Å²) in [6, 6.07) is 9.68. The van der Waals surface area contributed by atoms with Crippen LogP contribution in [-0.4, -0.2) is 23.1 Å². The molecular weight excluding hydrogens is 370 g/mol. The average molecular weight is 385 g/mol. The molecule has 4 rings (SSSR count). The van der Waals surface area contributed by atoms with Crippen molar-refractivity contribution in [1.29, 1.82) is 5.26 Å². The smallest absolute Gasteiger partial charge is 0.149 e. The molecule has 0 amide bonds. The van der Waals surface area contributed by atoms with Gasteiger partial charge in [0.05, 0.1) is 22.4 Å². The van der Waals surface area contributed by atoms with Crippen LogP contribution in [0, 0.1) is 28.9 Å². The van der Waals surface area contributed by atoms with Crippen molar-refractivity contribution in [1.82, 2.24) is 9.97 Å². The van der Waals surface area contributed by atoms with Crippen LogP contribution in [0.25, 0.3) is 22.0 Å². The van der Waals surface area contributed by atoms with E-state index in [-0.39, 0.29) is 16.5 Å². The maximum atomic E-state index is 14.5. The molecule has 0 spiro atoms. The van der Waals surface area contributed by atoms with Gasteiger partial charge in [-0.3, -0.25) is 0 Å². The molecule has 3 aromatic rings. The Balaban J connectivity index is 1.94. The summed E-state index contributed by atoms with van der Waals surface area (Å²) in [7, 11) is 0. The van der Waals surface area contributed by atoms with Gasteiger partial charge in [0.25, 0.3) is 0 Å². The van der Waals surface area contributed by atoms with Crippen molar-refractivity contribution in [3.63, 3.8) is 0 Å². The summed E-state index contributed by atoms with van der Waals surface area (Å²) in [6.45, 7) is 1.24. The van der Waals surface area contributed by atoms with Gasteiger partial charge in [-0.15, -0.1) is 0 Å². The van der Waals surface area contributed by atoms with Gasteiger partial charge in [-0.2, -0.15) is 5.26 Å². The number of nitrogens with zero attached hydrogens (tertiary/aromatic N) is 4. The van der Waals surface area contributed by atoms with E-state index in [2.05, 4.69) is 16.0 Å². The summed E-state index contributed by atoms with van der Waals surface area (Å²) in [4.78, 5) is 10.5.